The van der Waals surface area contributed by atoms with E-state index in [0.29, 0.717) is 5.69 Å². The van der Waals surface area contributed by atoms with Gasteiger partial charge in [0.25, 0.3) is 5.91 Å². The van der Waals surface area contributed by atoms with Gasteiger partial charge >= 0.3 is 0 Å². The van der Waals surface area contributed by atoms with E-state index in [-0.39, 0.29) is 5.91 Å². The second-order valence-corrected chi connectivity index (χ2v) is 5.18. The minimum Gasteiger partial charge on any atom is -0.399 e. The van der Waals surface area contributed by atoms with Crippen LogP contribution in [0.25, 0.3) is 0 Å². The highest BCUT2D eigenvalue weighted by molar-refractivity contribution is 14.1. The Morgan fingerprint density at radius 2 is 2.12 bits per heavy atom. The van der Waals surface area contributed by atoms with Crippen molar-refractivity contribution in [2.45, 2.75) is 13.8 Å². The number of anilines is 1. The molecule has 5 heteroatoms. The van der Waals surface area contributed by atoms with E-state index in [4.69, 9.17) is 5.73 Å². The molecule has 16 heavy (non-hydrogen) atoms. The lowest BCUT2D eigenvalue weighted by Crippen LogP contribution is -2.31. The number of rotatable bonds is 1. The van der Waals surface area contributed by atoms with Crippen LogP contribution in [0.1, 0.15) is 19.4 Å². The smallest absolute Gasteiger partial charge is 0.263 e. The van der Waals surface area contributed by atoms with Gasteiger partial charge in [-0.15, -0.1) is 0 Å². The van der Waals surface area contributed by atoms with E-state index in [1.165, 1.54) is 3.22 Å². The van der Waals surface area contributed by atoms with E-state index in [1.54, 1.807) is 0 Å². The zero-order chi connectivity index (χ0) is 11.9. The Bertz CT molecular complexity index is 482. The van der Waals surface area contributed by atoms with Crippen LogP contribution in [0.2, 0.25) is 0 Å². The highest BCUT2D eigenvalue weighted by atomic mass is 127. The maximum atomic E-state index is 11.9. The topological polar surface area (TPSA) is 58.7 Å². The number of benzene rings is 1. The van der Waals surface area contributed by atoms with Crippen LogP contribution in [-0.2, 0) is 4.79 Å². The highest BCUT2D eigenvalue weighted by Crippen LogP contribution is 2.33. The number of hydrogen-bond donors (Lipinski definition) is 1. The molecule has 1 heterocycles. The van der Waals surface area contributed by atoms with E-state index in [9.17, 15) is 4.79 Å². The van der Waals surface area contributed by atoms with Gasteiger partial charge in [0.1, 0.15) is 0 Å². The van der Waals surface area contributed by atoms with Crippen LogP contribution in [0, 0.1) is 5.41 Å². The van der Waals surface area contributed by atoms with Gasteiger partial charge in [-0.05, 0) is 26.0 Å². The van der Waals surface area contributed by atoms with Crippen molar-refractivity contribution in [1.82, 2.24) is 3.22 Å². The largest absolute Gasteiger partial charge is 0.399 e. The third-order valence-electron chi connectivity index (χ3n) is 2.64. The molecule has 0 fully saturated rings. The van der Waals surface area contributed by atoms with Gasteiger partial charge in [-0.1, -0.05) is 12.1 Å². The Hall–Kier alpha value is -1.11. The zero-order valence-corrected chi connectivity index (χ0v) is 11.2. The van der Waals surface area contributed by atoms with Gasteiger partial charge in [-0.25, -0.2) is 0 Å². The van der Waals surface area contributed by atoms with Crippen molar-refractivity contribution in [1.29, 1.82) is 0 Å². The predicted molar refractivity (Wildman–Crippen MR) is 72.0 cm³/mol. The standard InChI is InChI=1S/C11H12IN3O/c1-11(2)9(14-15(12)10(11)16)7-4-3-5-8(13)6-7/h3-6H,13H2,1-2H3. The molecule has 1 amide bonds. The number of halogens is 1. The lowest BCUT2D eigenvalue weighted by Gasteiger charge is -2.17. The maximum absolute atomic E-state index is 11.9. The fourth-order valence-corrected chi connectivity index (χ4v) is 2.51. The predicted octanol–water partition coefficient (Wildman–Crippen LogP) is 2.19. The fraction of sp³-hybridized carbons (Fsp3) is 0.273. The number of hydrogen-bond acceptors (Lipinski definition) is 3. The van der Waals surface area contributed by atoms with Crippen molar-refractivity contribution < 1.29 is 4.79 Å². The van der Waals surface area contributed by atoms with Gasteiger partial charge in [0.15, 0.2) is 0 Å². The number of nitrogens with zero attached hydrogens (tertiary/aromatic N) is 2. The number of carbonyl (C=O) groups excluding carboxylic acids is 1. The first kappa shape index (κ1) is 11.4. The van der Waals surface area contributed by atoms with Crippen molar-refractivity contribution >= 4 is 40.2 Å². The summed E-state index contributed by atoms with van der Waals surface area (Å²) in [4.78, 5) is 11.9. The Morgan fingerprint density at radius 3 is 2.62 bits per heavy atom. The van der Waals surface area contributed by atoms with Crippen LogP contribution in [0.15, 0.2) is 29.4 Å². The summed E-state index contributed by atoms with van der Waals surface area (Å²) in [6, 6.07) is 7.43. The molecule has 0 aliphatic carbocycles. The summed E-state index contributed by atoms with van der Waals surface area (Å²) in [6.07, 6.45) is 0. The van der Waals surface area contributed by atoms with Gasteiger partial charge in [-0.2, -0.15) is 8.32 Å². The summed E-state index contributed by atoms with van der Waals surface area (Å²) in [5.41, 5.74) is 7.48. The average Bonchev–Trinajstić information content (AvgIpc) is 2.42. The summed E-state index contributed by atoms with van der Waals surface area (Å²) in [6.45, 7) is 3.74. The van der Waals surface area contributed by atoms with E-state index in [2.05, 4.69) is 5.10 Å². The Labute approximate surface area is 108 Å². The molecule has 4 nitrogen and oxygen atoms in total. The molecule has 1 aromatic carbocycles. The first-order valence-electron chi connectivity index (χ1n) is 4.88. The van der Waals surface area contributed by atoms with Gasteiger partial charge in [0.2, 0.25) is 0 Å². The number of amides is 1. The first-order chi connectivity index (χ1) is 7.43. The van der Waals surface area contributed by atoms with E-state index in [0.717, 1.165) is 11.3 Å². The van der Waals surface area contributed by atoms with E-state index in [1.807, 2.05) is 61.0 Å². The Kier molecular flexibility index (Phi) is 2.65. The second-order valence-electron chi connectivity index (χ2n) is 4.26. The molecule has 2 rings (SSSR count). The molecule has 1 aliphatic rings. The molecule has 0 spiro atoms. The Morgan fingerprint density at radius 1 is 1.44 bits per heavy atom. The molecule has 84 valence electrons. The first-order valence-corrected chi connectivity index (χ1v) is 5.85. The van der Waals surface area contributed by atoms with Gasteiger partial charge in [-0.3, -0.25) is 4.79 Å². The molecule has 0 aromatic heterocycles. The van der Waals surface area contributed by atoms with E-state index >= 15 is 0 Å². The van der Waals surface area contributed by atoms with Crippen molar-refractivity contribution in [3.8, 4) is 0 Å². The zero-order valence-electron chi connectivity index (χ0n) is 9.07. The van der Waals surface area contributed by atoms with Crippen molar-refractivity contribution in [3.05, 3.63) is 29.8 Å². The molecule has 0 bridgehead atoms. The van der Waals surface area contributed by atoms with Crippen molar-refractivity contribution in [2.75, 3.05) is 5.73 Å². The van der Waals surface area contributed by atoms with Crippen LogP contribution >= 0.6 is 22.9 Å². The minimum absolute atomic E-state index is 0.00877. The van der Waals surface area contributed by atoms with Gasteiger partial charge in [0.05, 0.1) is 34.0 Å². The molecular formula is C11H12IN3O. The fourth-order valence-electron chi connectivity index (χ4n) is 1.69. The van der Waals surface area contributed by atoms with Crippen molar-refractivity contribution in [3.63, 3.8) is 0 Å². The van der Waals surface area contributed by atoms with Crippen LogP contribution in [0.5, 0.6) is 0 Å². The van der Waals surface area contributed by atoms with Crippen LogP contribution in [-0.4, -0.2) is 14.8 Å². The van der Waals surface area contributed by atoms with Gasteiger partial charge in [0, 0.05) is 11.3 Å². The van der Waals surface area contributed by atoms with Crippen LogP contribution in [0.4, 0.5) is 5.69 Å². The molecule has 0 radical (unpaired) electrons. The summed E-state index contributed by atoms with van der Waals surface area (Å²) in [5, 5.41) is 4.27. The molecular weight excluding hydrogens is 317 g/mol. The summed E-state index contributed by atoms with van der Waals surface area (Å²) < 4.78 is 1.36. The second kappa shape index (κ2) is 3.73. The Balaban J connectivity index is 2.50. The number of nitrogens with two attached hydrogens (primary N) is 1. The van der Waals surface area contributed by atoms with Crippen LogP contribution < -0.4 is 5.73 Å². The quantitative estimate of drug-likeness (QED) is 0.488. The monoisotopic (exact) mass is 329 g/mol. The summed E-state index contributed by atoms with van der Waals surface area (Å²) >= 11 is 1.90. The molecule has 2 N–H and O–H groups in total. The minimum atomic E-state index is -0.588. The molecule has 1 aromatic rings. The lowest BCUT2D eigenvalue weighted by molar-refractivity contribution is -0.129. The van der Waals surface area contributed by atoms with Gasteiger partial charge < -0.3 is 5.73 Å². The molecule has 0 unspecified atom stereocenters. The van der Waals surface area contributed by atoms with E-state index < -0.39 is 5.41 Å². The number of hydrazone groups is 1. The molecule has 1 aliphatic heterocycles. The van der Waals surface area contributed by atoms with Crippen LogP contribution in [0.3, 0.4) is 0 Å². The molecule has 0 atom stereocenters. The maximum Gasteiger partial charge on any atom is 0.263 e. The normalized spacial score (nSPS) is 18.8. The summed E-state index contributed by atoms with van der Waals surface area (Å²) in [7, 11) is 0. The third kappa shape index (κ3) is 1.68. The highest BCUT2D eigenvalue weighted by Gasteiger charge is 2.43. The molecule has 0 saturated carbocycles. The lowest BCUT2D eigenvalue weighted by atomic mass is 9.84. The average molecular weight is 329 g/mol. The summed E-state index contributed by atoms with van der Waals surface area (Å²) in [5.74, 6) is -0.00877. The van der Waals surface area contributed by atoms with Crippen molar-refractivity contribution in [2.24, 2.45) is 10.5 Å². The number of nitrogen functional groups attached to an aromatic ring is 1. The third-order valence-corrected chi connectivity index (χ3v) is 3.30. The number of carbonyl (C=O) groups is 1. The molecule has 0 saturated heterocycles. The SMILES string of the molecule is CC1(C)C(=O)N(I)N=C1c1cccc(N)c1.